The third-order valence-electron chi connectivity index (χ3n) is 5.07. The predicted molar refractivity (Wildman–Crippen MR) is 114 cm³/mol. The van der Waals surface area contributed by atoms with Gasteiger partial charge in [-0.15, -0.1) is 0 Å². The molecule has 3 N–H and O–H groups in total. The molecule has 0 saturated heterocycles. The normalized spacial score (nSPS) is 13.5. The van der Waals surface area contributed by atoms with Crippen molar-refractivity contribution in [3.05, 3.63) is 69.8 Å². The fraction of sp³-hybridized carbons (Fsp3) is 0.261. The Hall–Kier alpha value is -3.45. The Morgan fingerprint density at radius 3 is 2.83 bits per heavy atom. The van der Waals surface area contributed by atoms with Crippen LogP contribution in [0.4, 0.5) is 5.69 Å². The summed E-state index contributed by atoms with van der Waals surface area (Å²) >= 11 is 0. The first kappa shape index (κ1) is 19.8. The van der Waals surface area contributed by atoms with E-state index in [4.69, 9.17) is 24.4 Å². The largest absolute Gasteiger partial charge is 0.512 e. The van der Waals surface area contributed by atoms with Crippen molar-refractivity contribution in [1.82, 2.24) is 0 Å². The summed E-state index contributed by atoms with van der Waals surface area (Å²) in [6, 6.07) is 12.7. The molecule has 0 fully saturated rings. The second-order valence-corrected chi connectivity index (χ2v) is 7.09. The lowest BCUT2D eigenvalue weighted by atomic mass is 10.0. The van der Waals surface area contributed by atoms with Gasteiger partial charge in [0.25, 0.3) is 0 Å². The molecule has 1 aliphatic rings. The fourth-order valence-corrected chi connectivity index (χ4v) is 3.42. The maximum atomic E-state index is 12.4. The van der Waals surface area contributed by atoms with E-state index in [-0.39, 0.29) is 18.1 Å². The Morgan fingerprint density at radius 1 is 1.17 bits per heavy atom. The summed E-state index contributed by atoms with van der Waals surface area (Å²) in [4.78, 5) is 12.4. The van der Waals surface area contributed by atoms with Crippen molar-refractivity contribution in [2.45, 2.75) is 26.4 Å². The van der Waals surface area contributed by atoms with Gasteiger partial charge in [0.05, 0.1) is 23.6 Å². The molecule has 0 spiro atoms. The van der Waals surface area contributed by atoms with Crippen molar-refractivity contribution in [3.8, 4) is 11.5 Å². The molecule has 1 aliphatic heterocycles. The van der Waals surface area contributed by atoms with Gasteiger partial charge in [0.15, 0.2) is 11.5 Å². The Balaban J connectivity index is 1.37. The second kappa shape index (κ2) is 8.51. The van der Waals surface area contributed by atoms with Crippen LogP contribution in [0.15, 0.2) is 57.4 Å². The van der Waals surface area contributed by atoms with Gasteiger partial charge in [-0.2, -0.15) is 0 Å². The minimum atomic E-state index is -0.561. The van der Waals surface area contributed by atoms with Gasteiger partial charge in [-0.3, -0.25) is 0 Å². The maximum absolute atomic E-state index is 12.4. The van der Waals surface area contributed by atoms with Crippen LogP contribution in [0.1, 0.15) is 30.9 Å². The molecule has 0 aliphatic carbocycles. The molecule has 30 heavy (non-hydrogen) atoms. The first-order valence-electron chi connectivity index (χ1n) is 9.71. The van der Waals surface area contributed by atoms with E-state index in [9.17, 15) is 9.90 Å². The number of aliphatic hydroxyl groups is 1. The van der Waals surface area contributed by atoms with E-state index >= 15 is 0 Å². The molecule has 2 heterocycles. The number of nitrogens with two attached hydrogens (primary N) is 1. The van der Waals surface area contributed by atoms with Crippen LogP contribution in [-0.4, -0.2) is 18.5 Å². The smallest absolute Gasteiger partial charge is 0.346 e. The van der Waals surface area contributed by atoms with Gasteiger partial charge in [0.1, 0.15) is 5.58 Å². The number of fused-ring (bicyclic) bond motifs is 2. The zero-order valence-electron chi connectivity index (χ0n) is 16.6. The van der Waals surface area contributed by atoms with Crippen LogP contribution < -0.4 is 20.8 Å². The van der Waals surface area contributed by atoms with Crippen molar-refractivity contribution in [2.24, 2.45) is 0 Å². The number of rotatable bonds is 7. The predicted octanol–water partition coefficient (Wildman–Crippen LogP) is 4.39. The summed E-state index contributed by atoms with van der Waals surface area (Å²) in [5.74, 6) is 1.55. The fourth-order valence-electron chi connectivity index (χ4n) is 3.42. The van der Waals surface area contributed by atoms with Crippen LogP contribution in [0.5, 0.6) is 11.5 Å². The van der Waals surface area contributed by atoms with E-state index in [0.29, 0.717) is 48.3 Å². The summed E-state index contributed by atoms with van der Waals surface area (Å²) in [6.07, 6.45) is 0.950. The highest BCUT2D eigenvalue weighted by molar-refractivity contribution is 5.94. The van der Waals surface area contributed by atoms with E-state index < -0.39 is 5.63 Å². The van der Waals surface area contributed by atoms with Crippen molar-refractivity contribution in [3.63, 3.8) is 0 Å². The molecule has 0 unspecified atom stereocenters. The zero-order valence-corrected chi connectivity index (χ0v) is 16.6. The molecule has 0 atom stereocenters. The minimum Gasteiger partial charge on any atom is -0.512 e. The Kier molecular flexibility index (Phi) is 5.63. The molecule has 1 aromatic heterocycles. The number of ether oxygens (including phenoxy) is 3. The van der Waals surface area contributed by atoms with Gasteiger partial charge in [-0.25, -0.2) is 4.79 Å². The molecule has 156 valence electrons. The highest BCUT2D eigenvalue weighted by Gasteiger charge is 2.16. The van der Waals surface area contributed by atoms with Crippen LogP contribution in [0.2, 0.25) is 0 Å². The Labute approximate surface area is 173 Å². The van der Waals surface area contributed by atoms with Gasteiger partial charge in [-0.1, -0.05) is 18.2 Å². The number of para-hydroxylation sites is 1. The molecule has 3 aromatic rings. The van der Waals surface area contributed by atoms with Crippen LogP contribution in [-0.2, 0) is 11.3 Å². The standard InChI is InChI=1S/C23H23NO6/c1-14(21-22(24)16-5-2-3-7-18(16)30-23(21)26)17(25)6-4-10-27-12-15-8-9-19-20(11-15)29-13-28-19/h2-3,5,7-9,11,25H,4,6,10,12-13,24H2,1H3/b17-14-. The average molecular weight is 409 g/mol. The average Bonchev–Trinajstić information content (AvgIpc) is 3.21. The van der Waals surface area contributed by atoms with Gasteiger partial charge >= 0.3 is 5.63 Å². The van der Waals surface area contributed by atoms with Gasteiger partial charge in [-0.05, 0) is 43.2 Å². The Morgan fingerprint density at radius 2 is 1.97 bits per heavy atom. The minimum absolute atomic E-state index is 0.0935. The van der Waals surface area contributed by atoms with Crippen molar-refractivity contribution in [2.75, 3.05) is 19.1 Å². The van der Waals surface area contributed by atoms with Crippen LogP contribution in [0.25, 0.3) is 16.5 Å². The lowest BCUT2D eigenvalue weighted by molar-refractivity contribution is 0.116. The number of hydrogen-bond donors (Lipinski definition) is 2. The number of allylic oxidation sites excluding steroid dienone is 2. The highest BCUT2D eigenvalue weighted by Crippen LogP contribution is 2.32. The monoisotopic (exact) mass is 409 g/mol. The molecular formula is C23H23NO6. The third kappa shape index (κ3) is 3.97. The van der Waals surface area contributed by atoms with Crippen LogP contribution in [0.3, 0.4) is 0 Å². The highest BCUT2D eigenvalue weighted by atomic mass is 16.7. The van der Waals surface area contributed by atoms with Crippen molar-refractivity contribution >= 4 is 22.2 Å². The molecule has 7 nitrogen and oxygen atoms in total. The molecular weight excluding hydrogens is 386 g/mol. The summed E-state index contributed by atoms with van der Waals surface area (Å²) < 4.78 is 21.7. The first-order chi connectivity index (χ1) is 14.5. The van der Waals surface area contributed by atoms with E-state index in [2.05, 4.69) is 0 Å². The van der Waals surface area contributed by atoms with E-state index in [1.807, 2.05) is 24.3 Å². The lowest BCUT2D eigenvalue weighted by Crippen LogP contribution is -2.11. The maximum Gasteiger partial charge on any atom is 0.346 e. The molecule has 0 radical (unpaired) electrons. The first-order valence-corrected chi connectivity index (χ1v) is 9.71. The van der Waals surface area contributed by atoms with Crippen molar-refractivity contribution < 1.29 is 23.7 Å². The van der Waals surface area contributed by atoms with E-state index in [0.717, 1.165) is 17.1 Å². The molecule has 0 saturated carbocycles. The SMILES string of the molecule is C/C(=C(/O)CCCOCc1ccc2c(c1)OCO2)c1c(N)c2ccccc2oc1=O. The van der Waals surface area contributed by atoms with Gasteiger partial charge in [0, 0.05) is 24.0 Å². The summed E-state index contributed by atoms with van der Waals surface area (Å²) in [5.41, 5.74) is 7.97. The van der Waals surface area contributed by atoms with Gasteiger partial charge < -0.3 is 29.5 Å². The summed E-state index contributed by atoms with van der Waals surface area (Å²) in [6.45, 7) is 2.79. The summed E-state index contributed by atoms with van der Waals surface area (Å²) in [5, 5.41) is 11.1. The Bertz CT molecular complexity index is 1160. The van der Waals surface area contributed by atoms with Crippen molar-refractivity contribution in [1.29, 1.82) is 0 Å². The summed E-state index contributed by atoms with van der Waals surface area (Å²) in [7, 11) is 0. The third-order valence-corrected chi connectivity index (χ3v) is 5.07. The number of benzene rings is 2. The number of hydrogen-bond acceptors (Lipinski definition) is 7. The van der Waals surface area contributed by atoms with Crippen LogP contribution in [0, 0.1) is 0 Å². The number of aliphatic hydroxyl groups excluding tert-OH is 1. The topological polar surface area (TPSA) is 104 Å². The molecule has 2 aromatic carbocycles. The number of nitrogen functional groups attached to an aromatic ring is 1. The quantitative estimate of drug-likeness (QED) is 0.339. The molecule has 4 rings (SSSR count). The van der Waals surface area contributed by atoms with E-state index in [1.165, 1.54) is 0 Å². The van der Waals surface area contributed by atoms with Crippen LogP contribution >= 0.6 is 0 Å². The zero-order chi connectivity index (χ0) is 21.1. The molecule has 7 heteroatoms. The van der Waals surface area contributed by atoms with E-state index in [1.54, 1.807) is 25.1 Å². The molecule has 0 amide bonds. The second-order valence-electron chi connectivity index (χ2n) is 7.09. The molecule has 0 bridgehead atoms. The number of anilines is 1. The lowest BCUT2D eigenvalue weighted by Gasteiger charge is -2.10. The van der Waals surface area contributed by atoms with Gasteiger partial charge in [0.2, 0.25) is 6.79 Å².